The summed E-state index contributed by atoms with van der Waals surface area (Å²) in [5.74, 6) is -0.346. The summed E-state index contributed by atoms with van der Waals surface area (Å²) in [4.78, 5) is 11.8. The predicted molar refractivity (Wildman–Crippen MR) is 64.4 cm³/mol. The molecule has 5 nitrogen and oxygen atoms in total. The highest BCUT2D eigenvalue weighted by molar-refractivity contribution is 5.97. The summed E-state index contributed by atoms with van der Waals surface area (Å²) in [6, 6.07) is 0. The van der Waals surface area contributed by atoms with Gasteiger partial charge in [-0.25, -0.2) is 8.78 Å². The Morgan fingerprint density at radius 1 is 1.67 bits per heavy atom. The lowest BCUT2D eigenvalue weighted by Crippen LogP contribution is -2.48. The van der Waals surface area contributed by atoms with Crippen LogP contribution in [0.1, 0.15) is 26.7 Å². The van der Waals surface area contributed by atoms with E-state index in [1.165, 1.54) is 12.4 Å². The minimum atomic E-state index is -2.48. The van der Waals surface area contributed by atoms with E-state index in [0.717, 1.165) is 11.1 Å². The van der Waals surface area contributed by atoms with Gasteiger partial charge in [-0.1, -0.05) is 13.3 Å². The van der Waals surface area contributed by atoms with Crippen LogP contribution in [-0.4, -0.2) is 27.7 Å². The Kier molecular flexibility index (Phi) is 4.77. The van der Waals surface area contributed by atoms with E-state index in [1.807, 2.05) is 6.92 Å². The van der Waals surface area contributed by atoms with Crippen LogP contribution in [-0.2, 0) is 11.3 Å². The van der Waals surface area contributed by atoms with Gasteiger partial charge in [0, 0.05) is 6.20 Å². The van der Waals surface area contributed by atoms with Crippen molar-refractivity contribution in [1.82, 2.24) is 9.78 Å². The molecule has 0 aliphatic heterocycles. The highest BCUT2D eigenvalue weighted by atomic mass is 19.3. The van der Waals surface area contributed by atoms with Crippen LogP contribution in [0.4, 0.5) is 14.5 Å². The number of amides is 1. The van der Waals surface area contributed by atoms with Gasteiger partial charge in [0.1, 0.15) is 6.54 Å². The first-order chi connectivity index (χ1) is 8.35. The monoisotopic (exact) mass is 260 g/mol. The highest BCUT2D eigenvalue weighted by Gasteiger charge is 2.27. The fourth-order valence-electron chi connectivity index (χ4n) is 1.58. The predicted octanol–water partition coefficient (Wildman–Crippen LogP) is 1.60. The van der Waals surface area contributed by atoms with Crippen molar-refractivity contribution in [1.29, 1.82) is 0 Å². The summed E-state index contributed by atoms with van der Waals surface area (Å²) < 4.78 is 25.3. The molecule has 0 bridgehead atoms. The molecule has 1 amide bonds. The molecule has 0 radical (unpaired) electrons. The summed E-state index contributed by atoms with van der Waals surface area (Å²) in [6.07, 6.45) is 1.53. The number of nitrogens with two attached hydrogens (primary N) is 1. The third-order valence-corrected chi connectivity index (χ3v) is 2.50. The second kappa shape index (κ2) is 5.90. The van der Waals surface area contributed by atoms with E-state index < -0.39 is 18.5 Å². The molecule has 1 unspecified atom stereocenters. The number of carbonyl (C=O) groups excluding carboxylic acids is 1. The number of hydrogen-bond acceptors (Lipinski definition) is 3. The van der Waals surface area contributed by atoms with Crippen LogP contribution >= 0.6 is 0 Å². The number of nitrogens with zero attached hydrogens (tertiary/aromatic N) is 2. The molecule has 1 atom stereocenters. The highest BCUT2D eigenvalue weighted by Crippen LogP contribution is 2.13. The lowest BCUT2D eigenvalue weighted by atomic mass is 9.96. The smallest absolute Gasteiger partial charge is 0.257 e. The number of alkyl halides is 2. The first-order valence-corrected chi connectivity index (χ1v) is 5.76. The van der Waals surface area contributed by atoms with E-state index in [1.54, 1.807) is 6.92 Å². The normalized spacial score (nSPS) is 14.6. The molecule has 1 aromatic heterocycles. The lowest BCUT2D eigenvalue weighted by Gasteiger charge is -2.22. The van der Waals surface area contributed by atoms with Crippen molar-refractivity contribution in [2.75, 3.05) is 5.32 Å². The third-order valence-electron chi connectivity index (χ3n) is 2.50. The van der Waals surface area contributed by atoms with Crippen molar-refractivity contribution < 1.29 is 13.6 Å². The molecule has 3 N–H and O–H groups in total. The van der Waals surface area contributed by atoms with E-state index in [2.05, 4.69) is 10.4 Å². The second-order valence-corrected chi connectivity index (χ2v) is 4.46. The fraction of sp³-hybridized carbons (Fsp3) is 0.636. The van der Waals surface area contributed by atoms with Crippen molar-refractivity contribution in [3.63, 3.8) is 0 Å². The van der Waals surface area contributed by atoms with Crippen LogP contribution in [0.5, 0.6) is 0 Å². The molecular formula is C11H18F2N4O. The minimum Gasteiger partial charge on any atom is -0.322 e. The fourth-order valence-corrected chi connectivity index (χ4v) is 1.58. The molecule has 0 saturated heterocycles. The van der Waals surface area contributed by atoms with Crippen molar-refractivity contribution in [3.05, 3.63) is 12.4 Å². The average Bonchev–Trinajstić information content (AvgIpc) is 2.64. The van der Waals surface area contributed by atoms with Crippen LogP contribution in [0.25, 0.3) is 0 Å². The maximum Gasteiger partial charge on any atom is 0.257 e. The summed E-state index contributed by atoms with van der Waals surface area (Å²) in [5, 5.41) is 6.29. The van der Waals surface area contributed by atoms with Crippen LogP contribution in [0.3, 0.4) is 0 Å². The van der Waals surface area contributed by atoms with Gasteiger partial charge in [-0.05, 0) is 13.3 Å². The Hall–Kier alpha value is -1.50. The zero-order valence-corrected chi connectivity index (χ0v) is 10.5. The first kappa shape index (κ1) is 14.6. The second-order valence-electron chi connectivity index (χ2n) is 4.46. The van der Waals surface area contributed by atoms with E-state index in [4.69, 9.17) is 5.73 Å². The number of rotatable bonds is 6. The quantitative estimate of drug-likeness (QED) is 0.816. The summed E-state index contributed by atoms with van der Waals surface area (Å²) in [6.45, 7) is 3.07. The molecule has 0 aliphatic rings. The molecule has 1 rings (SSSR count). The molecule has 1 aromatic rings. The van der Waals surface area contributed by atoms with Gasteiger partial charge in [0.15, 0.2) is 0 Å². The molecule has 7 heteroatoms. The maximum atomic E-state index is 12.1. The van der Waals surface area contributed by atoms with Crippen molar-refractivity contribution >= 4 is 11.6 Å². The SMILES string of the molecule is CCCC(C)(N)C(=O)Nc1cnn(CC(F)F)c1. The third kappa shape index (κ3) is 4.06. The Bertz CT molecular complexity index is 404. The summed E-state index contributed by atoms with van der Waals surface area (Å²) in [5.41, 5.74) is 5.24. The topological polar surface area (TPSA) is 72.9 Å². The van der Waals surface area contributed by atoms with Crippen molar-refractivity contribution in [2.24, 2.45) is 5.73 Å². The number of hydrogen-bond donors (Lipinski definition) is 2. The van der Waals surface area contributed by atoms with Crippen LogP contribution in [0.2, 0.25) is 0 Å². The van der Waals surface area contributed by atoms with Gasteiger partial charge in [-0.3, -0.25) is 9.48 Å². The largest absolute Gasteiger partial charge is 0.322 e. The van der Waals surface area contributed by atoms with E-state index >= 15 is 0 Å². The molecule has 0 saturated carbocycles. The Balaban J connectivity index is 2.62. The van der Waals surface area contributed by atoms with Gasteiger partial charge in [-0.2, -0.15) is 5.10 Å². The van der Waals surface area contributed by atoms with Gasteiger partial charge in [0.2, 0.25) is 5.91 Å². The van der Waals surface area contributed by atoms with E-state index in [0.29, 0.717) is 12.1 Å². The number of aromatic nitrogens is 2. The van der Waals surface area contributed by atoms with Crippen LogP contribution in [0.15, 0.2) is 12.4 Å². The van der Waals surface area contributed by atoms with Crippen molar-refractivity contribution in [2.45, 2.75) is 45.2 Å². The molecule has 102 valence electrons. The molecule has 0 fully saturated rings. The molecule has 0 aromatic carbocycles. The summed E-state index contributed by atoms with van der Waals surface area (Å²) >= 11 is 0. The molecule has 0 aliphatic carbocycles. The van der Waals surface area contributed by atoms with Gasteiger partial charge < -0.3 is 11.1 Å². The lowest BCUT2D eigenvalue weighted by molar-refractivity contribution is -0.120. The maximum absolute atomic E-state index is 12.1. The zero-order valence-electron chi connectivity index (χ0n) is 10.5. The number of anilines is 1. The minimum absolute atomic E-state index is 0.346. The van der Waals surface area contributed by atoms with Crippen molar-refractivity contribution in [3.8, 4) is 0 Å². The van der Waals surface area contributed by atoms with E-state index in [-0.39, 0.29) is 5.91 Å². The van der Waals surface area contributed by atoms with E-state index in [9.17, 15) is 13.6 Å². The van der Waals surface area contributed by atoms with Crippen LogP contribution in [0, 0.1) is 0 Å². The van der Waals surface area contributed by atoms with Gasteiger partial charge in [0.05, 0.1) is 17.4 Å². The van der Waals surface area contributed by atoms with Crippen LogP contribution < -0.4 is 11.1 Å². The Morgan fingerprint density at radius 2 is 2.33 bits per heavy atom. The summed E-state index contributed by atoms with van der Waals surface area (Å²) in [7, 11) is 0. The van der Waals surface area contributed by atoms with Gasteiger partial charge in [0.25, 0.3) is 6.43 Å². The number of halogens is 2. The molecular weight excluding hydrogens is 242 g/mol. The number of nitrogens with one attached hydrogen (secondary N) is 1. The Morgan fingerprint density at radius 3 is 2.89 bits per heavy atom. The first-order valence-electron chi connectivity index (χ1n) is 5.76. The zero-order chi connectivity index (χ0) is 13.8. The molecule has 1 heterocycles. The molecule has 0 spiro atoms. The van der Waals surface area contributed by atoms with Gasteiger partial charge in [-0.15, -0.1) is 0 Å². The van der Waals surface area contributed by atoms with Gasteiger partial charge >= 0.3 is 0 Å². The standard InChI is InChI=1S/C11H18F2N4O/c1-3-4-11(2,14)10(18)16-8-5-15-17(6-8)7-9(12)13/h5-6,9H,3-4,7,14H2,1-2H3,(H,16,18). The number of carbonyl (C=O) groups is 1. The molecule has 18 heavy (non-hydrogen) atoms. The Labute approximate surface area is 104 Å². The average molecular weight is 260 g/mol.